The average Bonchev–Trinajstić information content (AvgIpc) is 3.16. The largest absolute Gasteiger partial charge is 0.357 e. The van der Waals surface area contributed by atoms with Gasteiger partial charge in [0.1, 0.15) is 0 Å². The number of hydrogen-bond acceptors (Lipinski definition) is 3. The van der Waals surface area contributed by atoms with E-state index in [1.54, 1.807) is 0 Å². The van der Waals surface area contributed by atoms with Crippen LogP contribution in [0.2, 0.25) is 0 Å². The zero-order valence-corrected chi connectivity index (χ0v) is 21.5. The molecule has 0 aromatic heterocycles. The summed E-state index contributed by atoms with van der Waals surface area (Å²) in [5.74, 6) is 3.48. The number of likely N-dealkylation sites (N-methyl/N-ethyl adjacent to an activating group) is 1. The lowest BCUT2D eigenvalue weighted by atomic mass is 9.87. The molecule has 1 N–H and O–H groups in total. The van der Waals surface area contributed by atoms with Crippen molar-refractivity contribution in [3.05, 3.63) is 0 Å². The number of rotatable bonds is 9. The van der Waals surface area contributed by atoms with E-state index in [0.717, 1.165) is 30.9 Å². The first-order valence-electron chi connectivity index (χ1n) is 11.6. The second kappa shape index (κ2) is 14.0. The maximum Gasteiger partial charge on any atom is 0.193 e. The molecule has 2 fully saturated rings. The highest BCUT2D eigenvalue weighted by atomic mass is 127. The fourth-order valence-electron chi connectivity index (χ4n) is 4.77. The Labute approximate surface area is 191 Å². The maximum absolute atomic E-state index is 5.03. The highest BCUT2D eigenvalue weighted by Crippen LogP contribution is 2.28. The first-order valence-corrected chi connectivity index (χ1v) is 11.6. The Morgan fingerprint density at radius 3 is 2.21 bits per heavy atom. The highest BCUT2D eigenvalue weighted by Gasteiger charge is 2.29. The van der Waals surface area contributed by atoms with E-state index in [4.69, 9.17) is 4.99 Å². The molecule has 2 unspecified atom stereocenters. The molecule has 0 spiro atoms. The number of guanidine groups is 1. The predicted molar refractivity (Wildman–Crippen MR) is 133 cm³/mol. The molecule has 2 aliphatic rings. The predicted octanol–water partition coefficient (Wildman–Crippen LogP) is 3.60. The van der Waals surface area contributed by atoms with Crippen molar-refractivity contribution in [2.24, 2.45) is 22.7 Å². The van der Waals surface area contributed by atoms with Crippen LogP contribution < -0.4 is 5.32 Å². The first kappa shape index (κ1) is 26.0. The summed E-state index contributed by atoms with van der Waals surface area (Å²) in [4.78, 5) is 12.7. The van der Waals surface area contributed by atoms with Gasteiger partial charge in [-0.3, -0.25) is 4.99 Å². The molecular weight excluding hydrogens is 461 g/mol. The number of nitrogens with one attached hydrogen (secondary N) is 1. The molecule has 0 aromatic rings. The van der Waals surface area contributed by atoms with Gasteiger partial charge < -0.3 is 20.0 Å². The van der Waals surface area contributed by atoms with Gasteiger partial charge in [0.05, 0.1) is 0 Å². The van der Waals surface area contributed by atoms with E-state index in [1.807, 2.05) is 0 Å². The quantitative estimate of drug-likeness (QED) is 0.294. The van der Waals surface area contributed by atoms with Gasteiger partial charge in [-0.1, -0.05) is 40.5 Å². The standard InChI is InChI=1S/C22H45N5.HI/c1-6-20(7-2)21-10-11-27(18-21)22(23-8-3)24-16-19(5)17-26-14-12-25(9-4)13-15-26;/h19-21H,6-18H2,1-5H3,(H,23,24);1H. The molecule has 0 amide bonds. The third-order valence-electron chi connectivity index (χ3n) is 6.61. The van der Waals surface area contributed by atoms with Gasteiger partial charge in [0.15, 0.2) is 5.96 Å². The van der Waals surface area contributed by atoms with Crippen LogP contribution in [0.4, 0.5) is 0 Å². The monoisotopic (exact) mass is 507 g/mol. The van der Waals surface area contributed by atoms with Crippen LogP contribution in [0.25, 0.3) is 0 Å². The molecule has 0 radical (unpaired) electrons. The van der Waals surface area contributed by atoms with Crippen LogP contribution in [-0.4, -0.2) is 86.1 Å². The van der Waals surface area contributed by atoms with Crippen LogP contribution in [0, 0.1) is 17.8 Å². The Bertz CT molecular complexity index is 433. The van der Waals surface area contributed by atoms with Crippen molar-refractivity contribution in [1.29, 1.82) is 0 Å². The minimum Gasteiger partial charge on any atom is -0.357 e. The summed E-state index contributed by atoms with van der Waals surface area (Å²) in [7, 11) is 0. The molecule has 2 aliphatic heterocycles. The molecule has 2 saturated heterocycles. The third-order valence-corrected chi connectivity index (χ3v) is 6.61. The van der Waals surface area contributed by atoms with Crippen molar-refractivity contribution in [2.45, 2.75) is 53.9 Å². The Balaban J connectivity index is 0.00000392. The molecule has 0 bridgehead atoms. The molecule has 2 heterocycles. The Morgan fingerprint density at radius 2 is 1.64 bits per heavy atom. The lowest BCUT2D eigenvalue weighted by molar-refractivity contribution is 0.125. The summed E-state index contributed by atoms with van der Waals surface area (Å²) in [6.45, 7) is 23.0. The lowest BCUT2D eigenvalue weighted by Crippen LogP contribution is -2.47. The van der Waals surface area contributed by atoms with Crippen molar-refractivity contribution in [3.8, 4) is 0 Å². The van der Waals surface area contributed by atoms with Gasteiger partial charge in [-0.25, -0.2) is 0 Å². The zero-order valence-electron chi connectivity index (χ0n) is 19.1. The number of piperazine rings is 1. The van der Waals surface area contributed by atoms with Crippen molar-refractivity contribution >= 4 is 29.9 Å². The van der Waals surface area contributed by atoms with Crippen LogP contribution >= 0.6 is 24.0 Å². The average molecular weight is 508 g/mol. The van der Waals surface area contributed by atoms with Crippen molar-refractivity contribution < 1.29 is 0 Å². The molecule has 5 nitrogen and oxygen atoms in total. The van der Waals surface area contributed by atoms with Crippen molar-refractivity contribution in [3.63, 3.8) is 0 Å². The topological polar surface area (TPSA) is 34.1 Å². The second-order valence-electron chi connectivity index (χ2n) is 8.61. The molecule has 2 atom stereocenters. The van der Waals surface area contributed by atoms with Gasteiger partial charge in [0, 0.05) is 58.9 Å². The number of halogens is 1. The Kier molecular flexibility index (Phi) is 13.0. The summed E-state index contributed by atoms with van der Waals surface area (Å²) < 4.78 is 0. The fraction of sp³-hybridized carbons (Fsp3) is 0.955. The zero-order chi connectivity index (χ0) is 19.6. The van der Waals surface area contributed by atoms with Gasteiger partial charge in [-0.2, -0.15) is 0 Å². The number of likely N-dealkylation sites (tertiary alicyclic amines) is 1. The Hall–Kier alpha value is -0.0800. The van der Waals surface area contributed by atoms with Crippen molar-refractivity contribution in [2.75, 3.05) is 65.4 Å². The normalized spacial score (nSPS) is 23.1. The van der Waals surface area contributed by atoms with Gasteiger partial charge in [-0.15, -0.1) is 24.0 Å². The van der Waals surface area contributed by atoms with E-state index in [2.05, 4.69) is 54.6 Å². The maximum atomic E-state index is 5.03. The number of aliphatic imine (C=N–C) groups is 1. The van der Waals surface area contributed by atoms with E-state index in [9.17, 15) is 0 Å². The molecule has 0 aromatic carbocycles. The summed E-state index contributed by atoms with van der Waals surface area (Å²) in [5, 5.41) is 3.55. The minimum atomic E-state index is 0. The van der Waals surface area contributed by atoms with Gasteiger partial charge in [0.25, 0.3) is 0 Å². The number of hydrogen-bond donors (Lipinski definition) is 1. The van der Waals surface area contributed by atoms with Crippen LogP contribution in [0.3, 0.4) is 0 Å². The van der Waals surface area contributed by atoms with E-state index in [1.165, 1.54) is 71.6 Å². The fourth-order valence-corrected chi connectivity index (χ4v) is 4.77. The molecule has 0 saturated carbocycles. The number of nitrogens with zero attached hydrogens (tertiary/aromatic N) is 4. The highest BCUT2D eigenvalue weighted by molar-refractivity contribution is 14.0. The van der Waals surface area contributed by atoms with E-state index in [-0.39, 0.29) is 24.0 Å². The third kappa shape index (κ3) is 7.98. The SMILES string of the molecule is CCNC(=NCC(C)CN1CCN(CC)CC1)N1CCC(C(CC)CC)C1.I. The van der Waals surface area contributed by atoms with Gasteiger partial charge in [0.2, 0.25) is 0 Å². The second-order valence-corrected chi connectivity index (χ2v) is 8.61. The molecule has 6 heteroatoms. The first-order chi connectivity index (χ1) is 13.1. The molecule has 166 valence electrons. The summed E-state index contributed by atoms with van der Waals surface area (Å²) >= 11 is 0. The van der Waals surface area contributed by atoms with Crippen LogP contribution in [0.1, 0.15) is 53.9 Å². The smallest absolute Gasteiger partial charge is 0.193 e. The molecule has 2 rings (SSSR count). The van der Waals surface area contributed by atoms with E-state index < -0.39 is 0 Å². The molecule has 28 heavy (non-hydrogen) atoms. The van der Waals surface area contributed by atoms with Crippen LogP contribution in [0.5, 0.6) is 0 Å². The molecule has 0 aliphatic carbocycles. The van der Waals surface area contributed by atoms with Crippen LogP contribution in [0.15, 0.2) is 4.99 Å². The van der Waals surface area contributed by atoms with Gasteiger partial charge >= 0.3 is 0 Å². The van der Waals surface area contributed by atoms with E-state index >= 15 is 0 Å². The lowest BCUT2D eigenvalue weighted by Gasteiger charge is -2.35. The van der Waals surface area contributed by atoms with Crippen LogP contribution in [-0.2, 0) is 0 Å². The van der Waals surface area contributed by atoms with Gasteiger partial charge in [-0.05, 0) is 37.6 Å². The van der Waals surface area contributed by atoms with E-state index in [0.29, 0.717) is 5.92 Å². The Morgan fingerprint density at radius 1 is 1.00 bits per heavy atom. The summed E-state index contributed by atoms with van der Waals surface area (Å²) in [6.07, 6.45) is 3.95. The summed E-state index contributed by atoms with van der Waals surface area (Å²) in [5.41, 5.74) is 0. The summed E-state index contributed by atoms with van der Waals surface area (Å²) in [6, 6.07) is 0. The minimum absolute atomic E-state index is 0. The van der Waals surface area contributed by atoms with Crippen molar-refractivity contribution in [1.82, 2.24) is 20.0 Å². The molecular formula is C22H46IN5.